The van der Waals surface area contributed by atoms with Crippen LogP contribution < -0.4 is 11.3 Å². The number of hydrazine groups is 1. The van der Waals surface area contributed by atoms with Gasteiger partial charge >= 0.3 is 12.3 Å². The zero-order valence-electron chi connectivity index (χ0n) is 9.62. The molecule has 0 radical (unpaired) electrons. The van der Waals surface area contributed by atoms with Crippen molar-refractivity contribution in [1.82, 2.24) is 15.2 Å². The predicted octanol–water partition coefficient (Wildman–Crippen LogP) is 0.842. The SMILES string of the molecule is Cn1ccc(C(COCC(F)(F)C(F)F)NN)n1. The molecule has 1 heterocycles. The summed E-state index contributed by atoms with van der Waals surface area (Å²) in [6, 6.07) is 0.971. The molecule has 1 aromatic heterocycles. The summed E-state index contributed by atoms with van der Waals surface area (Å²) in [6.45, 7) is -1.65. The first-order chi connectivity index (χ1) is 8.36. The average molecular weight is 270 g/mol. The molecule has 0 aliphatic heterocycles. The predicted molar refractivity (Wildman–Crippen MR) is 55.0 cm³/mol. The van der Waals surface area contributed by atoms with Gasteiger partial charge < -0.3 is 4.74 Å². The molecule has 104 valence electrons. The van der Waals surface area contributed by atoms with Crippen LogP contribution in [0.4, 0.5) is 17.6 Å². The molecule has 0 bridgehead atoms. The van der Waals surface area contributed by atoms with E-state index in [4.69, 9.17) is 5.84 Å². The molecule has 0 fully saturated rings. The van der Waals surface area contributed by atoms with Crippen LogP contribution in [-0.2, 0) is 11.8 Å². The highest BCUT2D eigenvalue weighted by molar-refractivity contribution is 5.04. The number of hydrogen-bond acceptors (Lipinski definition) is 4. The van der Waals surface area contributed by atoms with Gasteiger partial charge in [-0.15, -0.1) is 0 Å². The maximum Gasteiger partial charge on any atom is 0.330 e. The van der Waals surface area contributed by atoms with Crippen molar-refractivity contribution in [1.29, 1.82) is 0 Å². The summed E-state index contributed by atoms with van der Waals surface area (Å²) >= 11 is 0. The van der Waals surface area contributed by atoms with Crippen LogP contribution in [0.25, 0.3) is 0 Å². The first-order valence-electron chi connectivity index (χ1n) is 5.06. The second kappa shape index (κ2) is 6.12. The molecule has 0 amide bonds. The lowest BCUT2D eigenvalue weighted by molar-refractivity contribution is -0.167. The number of nitrogens with zero attached hydrogens (tertiary/aromatic N) is 2. The topological polar surface area (TPSA) is 65.1 Å². The molecule has 1 aromatic rings. The summed E-state index contributed by atoms with van der Waals surface area (Å²) in [5, 5.41) is 3.99. The van der Waals surface area contributed by atoms with Gasteiger partial charge in [-0.1, -0.05) is 0 Å². The average Bonchev–Trinajstić information content (AvgIpc) is 2.71. The number of nitrogens with two attached hydrogens (primary N) is 1. The number of aromatic nitrogens is 2. The van der Waals surface area contributed by atoms with Gasteiger partial charge in [0.1, 0.15) is 6.61 Å². The van der Waals surface area contributed by atoms with E-state index in [1.54, 1.807) is 19.3 Å². The maximum atomic E-state index is 12.6. The molecule has 18 heavy (non-hydrogen) atoms. The van der Waals surface area contributed by atoms with E-state index in [1.807, 2.05) is 0 Å². The van der Waals surface area contributed by atoms with E-state index >= 15 is 0 Å². The lowest BCUT2D eigenvalue weighted by Crippen LogP contribution is -2.36. The van der Waals surface area contributed by atoms with Crippen molar-refractivity contribution >= 4 is 0 Å². The third-order valence-corrected chi connectivity index (χ3v) is 2.19. The van der Waals surface area contributed by atoms with Crippen molar-refractivity contribution in [2.24, 2.45) is 12.9 Å². The Morgan fingerprint density at radius 3 is 2.67 bits per heavy atom. The number of ether oxygens (including phenoxy) is 1. The Kier molecular flexibility index (Phi) is 5.05. The Labute approximate surface area is 101 Å². The Morgan fingerprint density at radius 2 is 2.22 bits per heavy atom. The fourth-order valence-corrected chi connectivity index (χ4v) is 1.21. The molecule has 1 atom stereocenters. The van der Waals surface area contributed by atoms with Gasteiger partial charge in [-0.2, -0.15) is 13.9 Å². The number of alkyl halides is 4. The molecule has 0 saturated heterocycles. The Hall–Kier alpha value is -1.19. The Bertz CT molecular complexity index is 371. The largest absolute Gasteiger partial charge is 0.373 e. The summed E-state index contributed by atoms with van der Waals surface area (Å²) < 4.78 is 54.9. The lowest BCUT2D eigenvalue weighted by Gasteiger charge is -2.18. The number of aryl methyl sites for hydroxylation is 1. The van der Waals surface area contributed by atoms with Crippen LogP contribution >= 0.6 is 0 Å². The fourth-order valence-electron chi connectivity index (χ4n) is 1.21. The smallest absolute Gasteiger partial charge is 0.330 e. The molecular weight excluding hydrogens is 256 g/mol. The third-order valence-electron chi connectivity index (χ3n) is 2.19. The van der Waals surface area contributed by atoms with Crippen molar-refractivity contribution in [3.63, 3.8) is 0 Å². The van der Waals surface area contributed by atoms with Crippen LogP contribution in [-0.4, -0.2) is 35.3 Å². The van der Waals surface area contributed by atoms with Crippen molar-refractivity contribution < 1.29 is 22.3 Å². The van der Waals surface area contributed by atoms with Crippen LogP contribution in [0.5, 0.6) is 0 Å². The van der Waals surface area contributed by atoms with E-state index in [0.29, 0.717) is 5.69 Å². The van der Waals surface area contributed by atoms with Crippen molar-refractivity contribution in [3.8, 4) is 0 Å². The molecular formula is C9H14F4N4O. The van der Waals surface area contributed by atoms with E-state index < -0.39 is 25.0 Å². The minimum atomic E-state index is -4.16. The van der Waals surface area contributed by atoms with Gasteiger partial charge in [-0.05, 0) is 6.07 Å². The molecule has 0 aliphatic carbocycles. The van der Waals surface area contributed by atoms with Crippen molar-refractivity contribution in [2.45, 2.75) is 18.4 Å². The minimum absolute atomic E-state index is 0.282. The number of hydrogen-bond donors (Lipinski definition) is 2. The number of nitrogens with one attached hydrogen (secondary N) is 1. The van der Waals surface area contributed by atoms with Crippen LogP contribution in [0, 0.1) is 0 Å². The van der Waals surface area contributed by atoms with E-state index in [0.717, 1.165) is 0 Å². The zero-order chi connectivity index (χ0) is 13.8. The highest BCUT2D eigenvalue weighted by Crippen LogP contribution is 2.23. The van der Waals surface area contributed by atoms with Crippen LogP contribution in [0.2, 0.25) is 0 Å². The van der Waals surface area contributed by atoms with Crippen molar-refractivity contribution in [2.75, 3.05) is 13.2 Å². The Balaban J connectivity index is 2.46. The molecule has 0 aliphatic rings. The van der Waals surface area contributed by atoms with Crippen LogP contribution in [0.15, 0.2) is 12.3 Å². The van der Waals surface area contributed by atoms with Crippen molar-refractivity contribution in [3.05, 3.63) is 18.0 Å². The van der Waals surface area contributed by atoms with Gasteiger partial charge in [0.05, 0.1) is 18.3 Å². The second-order valence-electron chi connectivity index (χ2n) is 3.71. The minimum Gasteiger partial charge on any atom is -0.373 e. The van der Waals surface area contributed by atoms with Crippen LogP contribution in [0.3, 0.4) is 0 Å². The van der Waals surface area contributed by atoms with E-state index in [9.17, 15) is 17.6 Å². The summed E-state index contributed by atoms with van der Waals surface area (Å²) in [7, 11) is 1.67. The molecule has 1 unspecified atom stereocenters. The molecule has 0 aromatic carbocycles. The first-order valence-corrected chi connectivity index (χ1v) is 5.06. The van der Waals surface area contributed by atoms with Gasteiger partial charge in [0.15, 0.2) is 0 Å². The van der Waals surface area contributed by atoms with E-state index in [2.05, 4.69) is 15.3 Å². The number of rotatable bonds is 7. The van der Waals surface area contributed by atoms with E-state index in [-0.39, 0.29) is 6.61 Å². The Morgan fingerprint density at radius 1 is 1.56 bits per heavy atom. The fraction of sp³-hybridized carbons (Fsp3) is 0.667. The molecule has 1 rings (SSSR count). The number of halogens is 4. The van der Waals surface area contributed by atoms with E-state index in [1.165, 1.54) is 4.68 Å². The molecule has 5 nitrogen and oxygen atoms in total. The summed E-state index contributed by atoms with van der Waals surface area (Å²) in [5.74, 6) is 1.05. The monoisotopic (exact) mass is 270 g/mol. The molecule has 3 N–H and O–H groups in total. The highest BCUT2D eigenvalue weighted by Gasteiger charge is 2.41. The van der Waals surface area contributed by atoms with Gasteiger partial charge in [0.25, 0.3) is 0 Å². The summed E-state index contributed by atoms with van der Waals surface area (Å²) in [6.07, 6.45) is -2.12. The normalized spacial score (nSPS) is 14.2. The molecule has 0 saturated carbocycles. The summed E-state index contributed by atoms with van der Waals surface area (Å²) in [4.78, 5) is 0. The first kappa shape index (κ1) is 14.9. The van der Waals surface area contributed by atoms with Gasteiger partial charge in [-0.3, -0.25) is 10.5 Å². The molecule has 9 heteroatoms. The zero-order valence-corrected chi connectivity index (χ0v) is 9.62. The highest BCUT2D eigenvalue weighted by atomic mass is 19.3. The van der Waals surface area contributed by atoms with Gasteiger partial charge in [0, 0.05) is 13.2 Å². The van der Waals surface area contributed by atoms with Crippen LogP contribution in [0.1, 0.15) is 11.7 Å². The lowest BCUT2D eigenvalue weighted by atomic mass is 10.2. The quantitative estimate of drug-likeness (QED) is 0.438. The van der Waals surface area contributed by atoms with Gasteiger partial charge in [0.2, 0.25) is 0 Å². The standard InChI is InChI=1S/C9H14F4N4O/c1-17-3-2-6(16-17)7(15-14)4-18-5-9(12,13)8(10)11/h2-3,7-8,15H,4-5,14H2,1H3. The summed E-state index contributed by atoms with van der Waals surface area (Å²) in [5.41, 5.74) is 2.79. The van der Waals surface area contributed by atoms with Gasteiger partial charge in [-0.25, -0.2) is 14.2 Å². The third kappa shape index (κ3) is 3.93. The second-order valence-corrected chi connectivity index (χ2v) is 3.71. The molecule has 0 spiro atoms. The maximum absolute atomic E-state index is 12.6.